The van der Waals surface area contributed by atoms with E-state index < -0.39 is 0 Å². The Balaban J connectivity index is 1.76. The second-order valence-corrected chi connectivity index (χ2v) is 7.79. The molecule has 158 valence electrons. The third kappa shape index (κ3) is 4.87. The minimum atomic E-state index is -0.242. The maximum absolute atomic E-state index is 12.7. The molecule has 1 heterocycles. The summed E-state index contributed by atoms with van der Waals surface area (Å²) >= 11 is 0. The van der Waals surface area contributed by atoms with Gasteiger partial charge in [0.15, 0.2) is 12.4 Å². The van der Waals surface area contributed by atoms with E-state index in [1.54, 1.807) is 0 Å². The van der Waals surface area contributed by atoms with Gasteiger partial charge in [0.05, 0.1) is 11.3 Å². The summed E-state index contributed by atoms with van der Waals surface area (Å²) in [6.45, 7) is 10.1. The molecule has 3 aromatic rings. The molecule has 0 aliphatic heterocycles. The van der Waals surface area contributed by atoms with Gasteiger partial charge in [0.2, 0.25) is 0 Å². The largest absolute Gasteiger partial charge is 0.483 e. The van der Waals surface area contributed by atoms with Crippen molar-refractivity contribution in [1.29, 1.82) is 0 Å². The van der Waals surface area contributed by atoms with Crippen LogP contribution in [-0.4, -0.2) is 22.7 Å². The third-order valence-corrected chi connectivity index (χ3v) is 5.15. The average Bonchev–Trinajstić information content (AvgIpc) is 3.24. The first-order valence-electron chi connectivity index (χ1n) is 10.4. The lowest BCUT2D eigenvalue weighted by Gasteiger charge is -2.16. The second-order valence-electron chi connectivity index (χ2n) is 7.79. The van der Waals surface area contributed by atoms with Crippen LogP contribution in [0.5, 0.6) is 5.75 Å². The van der Waals surface area contributed by atoms with Gasteiger partial charge in [-0.2, -0.15) is 4.98 Å². The molecule has 3 rings (SSSR count). The van der Waals surface area contributed by atoms with Gasteiger partial charge in [-0.15, -0.1) is 0 Å². The predicted molar refractivity (Wildman–Crippen MR) is 118 cm³/mol. The van der Waals surface area contributed by atoms with Crippen LogP contribution in [0.2, 0.25) is 0 Å². The Bertz CT molecular complexity index is 1010. The van der Waals surface area contributed by atoms with Crippen molar-refractivity contribution in [2.45, 2.75) is 52.9 Å². The Hall–Kier alpha value is -3.15. The lowest BCUT2D eigenvalue weighted by Crippen LogP contribution is -2.21. The smallest absolute Gasteiger partial charge is 0.262 e. The van der Waals surface area contributed by atoms with E-state index >= 15 is 0 Å². The van der Waals surface area contributed by atoms with Crippen molar-refractivity contribution in [2.75, 3.05) is 11.9 Å². The first-order chi connectivity index (χ1) is 14.4. The normalized spacial score (nSPS) is 12.1. The van der Waals surface area contributed by atoms with Gasteiger partial charge in [0.25, 0.3) is 11.8 Å². The van der Waals surface area contributed by atoms with E-state index in [4.69, 9.17) is 9.26 Å². The van der Waals surface area contributed by atoms with Crippen LogP contribution in [0.1, 0.15) is 62.9 Å². The Morgan fingerprint density at radius 3 is 2.60 bits per heavy atom. The van der Waals surface area contributed by atoms with E-state index in [0.29, 0.717) is 28.9 Å². The number of carbonyl (C=O) groups excluding carboxylic acids is 1. The van der Waals surface area contributed by atoms with Crippen molar-refractivity contribution < 1.29 is 14.1 Å². The molecule has 0 saturated heterocycles. The number of aromatic nitrogens is 2. The van der Waals surface area contributed by atoms with Crippen LogP contribution < -0.4 is 10.1 Å². The SMILES string of the molecule is CCC(C)c1ccccc1OCC(=O)Nc1c(C)cccc1-c1nc(C(C)C)no1. The number of aryl methyl sites for hydroxylation is 1. The van der Waals surface area contributed by atoms with Crippen LogP contribution in [0.4, 0.5) is 5.69 Å². The number of amides is 1. The van der Waals surface area contributed by atoms with E-state index in [1.165, 1.54) is 0 Å². The Labute approximate surface area is 177 Å². The third-order valence-electron chi connectivity index (χ3n) is 5.15. The van der Waals surface area contributed by atoms with Crippen LogP contribution >= 0.6 is 0 Å². The molecule has 0 fully saturated rings. The molecular weight excluding hydrogens is 378 g/mol. The van der Waals surface area contributed by atoms with Gasteiger partial charge in [-0.25, -0.2) is 0 Å². The minimum absolute atomic E-state index is 0.0811. The summed E-state index contributed by atoms with van der Waals surface area (Å²) in [6.07, 6.45) is 1.00. The second kappa shape index (κ2) is 9.57. The zero-order valence-electron chi connectivity index (χ0n) is 18.2. The monoisotopic (exact) mass is 407 g/mol. The molecule has 0 aliphatic rings. The fraction of sp³-hybridized carbons (Fsp3) is 0.375. The zero-order chi connectivity index (χ0) is 21.7. The van der Waals surface area contributed by atoms with Gasteiger partial charge >= 0.3 is 0 Å². The van der Waals surface area contributed by atoms with Crippen molar-refractivity contribution in [2.24, 2.45) is 0 Å². The summed E-state index contributed by atoms with van der Waals surface area (Å²) in [5, 5.41) is 6.99. The first-order valence-corrected chi connectivity index (χ1v) is 10.4. The Morgan fingerprint density at radius 1 is 1.13 bits per heavy atom. The number of hydrogen-bond donors (Lipinski definition) is 1. The van der Waals surface area contributed by atoms with Crippen LogP contribution in [-0.2, 0) is 4.79 Å². The molecule has 6 heteroatoms. The van der Waals surface area contributed by atoms with E-state index in [2.05, 4.69) is 29.3 Å². The number of hydrogen-bond acceptors (Lipinski definition) is 5. The number of rotatable bonds is 8. The van der Waals surface area contributed by atoms with Gasteiger partial charge in [0, 0.05) is 5.92 Å². The van der Waals surface area contributed by atoms with Gasteiger partial charge in [-0.1, -0.05) is 63.2 Å². The maximum Gasteiger partial charge on any atom is 0.262 e. The molecule has 0 aliphatic carbocycles. The summed E-state index contributed by atoms with van der Waals surface area (Å²) < 4.78 is 11.3. The maximum atomic E-state index is 12.7. The topological polar surface area (TPSA) is 77.2 Å². The number of anilines is 1. The molecular formula is C24H29N3O3. The lowest BCUT2D eigenvalue weighted by atomic mass is 9.98. The number of nitrogens with zero attached hydrogens (tertiary/aromatic N) is 2. The summed E-state index contributed by atoms with van der Waals surface area (Å²) in [5.74, 6) is 2.04. The Kier molecular flexibility index (Phi) is 6.87. The fourth-order valence-corrected chi connectivity index (χ4v) is 3.15. The summed E-state index contributed by atoms with van der Waals surface area (Å²) in [6, 6.07) is 13.5. The van der Waals surface area contributed by atoms with Crippen LogP contribution in [0.3, 0.4) is 0 Å². The lowest BCUT2D eigenvalue weighted by molar-refractivity contribution is -0.118. The highest BCUT2D eigenvalue weighted by molar-refractivity contribution is 5.96. The molecule has 0 radical (unpaired) electrons. The van der Waals surface area contributed by atoms with Gasteiger partial charge in [0.1, 0.15) is 5.75 Å². The molecule has 1 atom stereocenters. The highest BCUT2D eigenvalue weighted by atomic mass is 16.5. The van der Waals surface area contributed by atoms with Crippen molar-refractivity contribution in [3.63, 3.8) is 0 Å². The highest BCUT2D eigenvalue weighted by Crippen LogP contribution is 2.31. The molecule has 0 bridgehead atoms. The van der Waals surface area contributed by atoms with Crippen molar-refractivity contribution >= 4 is 11.6 Å². The molecule has 0 spiro atoms. The molecule has 1 aromatic heterocycles. The number of ether oxygens (including phenoxy) is 1. The quantitative estimate of drug-likeness (QED) is 0.518. The van der Waals surface area contributed by atoms with Crippen molar-refractivity contribution in [1.82, 2.24) is 10.1 Å². The molecule has 1 N–H and O–H groups in total. The summed E-state index contributed by atoms with van der Waals surface area (Å²) in [5.41, 5.74) is 3.37. The number of benzene rings is 2. The van der Waals surface area contributed by atoms with E-state index in [9.17, 15) is 4.79 Å². The standard InChI is InChI=1S/C24H29N3O3/c1-6-16(4)18-11-7-8-13-20(18)29-14-21(28)25-22-17(5)10-9-12-19(22)24-26-23(15(2)3)27-30-24/h7-13,15-16H,6,14H2,1-5H3,(H,25,28). The molecule has 1 amide bonds. The van der Waals surface area contributed by atoms with Crippen LogP contribution in [0.15, 0.2) is 47.0 Å². The average molecular weight is 408 g/mol. The molecule has 0 saturated carbocycles. The fourth-order valence-electron chi connectivity index (χ4n) is 3.15. The van der Waals surface area contributed by atoms with Crippen LogP contribution in [0.25, 0.3) is 11.5 Å². The van der Waals surface area contributed by atoms with Crippen molar-refractivity contribution in [3.8, 4) is 17.2 Å². The predicted octanol–water partition coefficient (Wildman–Crippen LogP) is 5.70. The minimum Gasteiger partial charge on any atom is -0.483 e. The van der Waals surface area contributed by atoms with Gasteiger partial charge < -0.3 is 14.6 Å². The Morgan fingerprint density at radius 2 is 1.90 bits per heavy atom. The van der Waals surface area contributed by atoms with Gasteiger partial charge in [-0.05, 0) is 42.5 Å². The van der Waals surface area contributed by atoms with Crippen molar-refractivity contribution in [3.05, 3.63) is 59.4 Å². The molecule has 2 aromatic carbocycles. The van der Waals surface area contributed by atoms with E-state index in [-0.39, 0.29) is 18.4 Å². The van der Waals surface area contributed by atoms with Crippen LogP contribution in [0, 0.1) is 6.92 Å². The van der Waals surface area contributed by atoms with E-state index in [0.717, 1.165) is 23.3 Å². The first kappa shape index (κ1) is 21.6. The molecule has 1 unspecified atom stereocenters. The van der Waals surface area contributed by atoms with Gasteiger partial charge in [-0.3, -0.25) is 4.79 Å². The molecule has 30 heavy (non-hydrogen) atoms. The number of para-hydroxylation sites is 2. The zero-order valence-corrected chi connectivity index (χ0v) is 18.2. The highest BCUT2D eigenvalue weighted by Gasteiger charge is 2.18. The number of carbonyl (C=O) groups is 1. The summed E-state index contributed by atoms with van der Waals surface area (Å²) in [4.78, 5) is 17.1. The van der Waals surface area contributed by atoms with E-state index in [1.807, 2.05) is 63.2 Å². The number of nitrogens with one attached hydrogen (secondary N) is 1. The summed E-state index contributed by atoms with van der Waals surface area (Å²) in [7, 11) is 0. The molecule has 6 nitrogen and oxygen atoms in total.